The molecular formula is C12H13FN2O2. The molecule has 1 rings (SSSR count). The number of carbonyl (C=O) groups is 1. The topological polar surface area (TPSA) is 62.1 Å². The van der Waals surface area contributed by atoms with Crippen molar-refractivity contribution >= 4 is 5.97 Å². The number of hydrogen-bond donors (Lipinski definition) is 1. The molecule has 4 nitrogen and oxygen atoms in total. The van der Waals surface area contributed by atoms with Crippen LogP contribution in [0.2, 0.25) is 0 Å². The standard InChI is InChI=1S/C12H13FN2O2/c1-2-17-12(16)8-15-7-10-3-9(6-14)4-11(13)5-10/h3-5,15H,2,7-8H2,1H3. The highest BCUT2D eigenvalue weighted by Crippen LogP contribution is 2.08. The molecule has 0 saturated heterocycles. The van der Waals surface area contributed by atoms with Crippen LogP contribution in [0, 0.1) is 17.1 Å². The van der Waals surface area contributed by atoms with E-state index in [1.54, 1.807) is 13.0 Å². The molecule has 0 aliphatic rings. The Bertz CT molecular complexity index is 441. The maximum atomic E-state index is 13.1. The highest BCUT2D eigenvalue weighted by Gasteiger charge is 2.03. The van der Waals surface area contributed by atoms with Crippen molar-refractivity contribution in [1.29, 1.82) is 5.26 Å². The molecule has 17 heavy (non-hydrogen) atoms. The molecule has 0 bridgehead atoms. The zero-order valence-corrected chi connectivity index (χ0v) is 9.50. The molecular weight excluding hydrogens is 223 g/mol. The number of nitriles is 1. The van der Waals surface area contributed by atoms with Gasteiger partial charge in [-0.2, -0.15) is 5.26 Å². The van der Waals surface area contributed by atoms with E-state index < -0.39 is 5.82 Å². The van der Waals surface area contributed by atoms with Crippen LogP contribution < -0.4 is 5.32 Å². The maximum absolute atomic E-state index is 13.1. The summed E-state index contributed by atoms with van der Waals surface area (Å²) in [6.45, 7) is 2.43. The van der Waals surface area contributed by atoms with Gasteiger partial charge in [0.2, 0.25) is 0 Å². The lowest BCUT2D eigenvalue weighted by Crippen LogP contribution is -2.24. The van der Waals surface area contributed by atoms with E-state index >= 15 is 0 Å². The van der Waals surface area contributed by atoms with Gasteiger partial charge in [-0.3, -0.25) is 4.79 Å². The molecule has 1 N–H and O–H groups in total. The van der Waals surface area contributed by atoms with Gasteiger partial charge in [0.05, 0.1) is 24.8 Å². The second-order valence-corrected chi connectivity index (χ2v) is 3.37. The second kappa shape index (κ2) is 6.61. The van der Waals surface area contributed by atoms with Crippen LogP contribution in [0.1, 0.15) is 18.1 Å². The van der Waals surface area contributed by atoms with E-state index in [1.807, 2.05) is 6.07 Å². The first kappa shape index (κ1) is 13.1. The van der Waals surface area contributed by atoms with Gasteiger partial charge in [-0.25, -0.2) is 4.39 Å². The molecule has 90 valence electrons. The lowest BCUT2D eigenvalue weighted by molar-refractivity contribution is -0.142. The minimum absolute atomic E-state index is 0.0617. The molecule has 0 fully saturated rings. The summed E-state index contributed by atoms with van der Waals surface area (Å²) in [5.41, 5.74) is 0.879. The van der Waals surface area contributed by atoms with Crippen LogP contribution in [0.15, 0.2) is 18.2 Å². The summed E-state index contributed by atoms with van der Waals surface area (Å²) in [4.78, 5) is 11.0. The fraction of sp³-hybridized carbons (Fsp3) is 0.333. The van der Waals surface area contributed by atoms with Gasteiger partial charge in [0, 0.05) is 6.54 Å². The van der Waals surface area contributed by atoms with E-state index in [-0.39, 0.29) is 18.1 Å². The number of carbonyl (C=O) groups excluding carboxylic acids is 1. The first-order chi connectivity index (χ1) is 8.15. The number of hydrogen-bond acceptors (Lipinski definition) is 4. The summed E-state index contributed by atoms with van der Waals surface area (Å²) in [5.74, 6) is -0.818. The van der Waals surface area contributed by atoms with Crippen LogP contribution >= 0.6 is 0 Å². The number of ether oxygens (including phenoxy) is 1. The van der Waals surface area contributed by atoms with E-state index in [9.17, 15) is 9.18 Å². The minimum atomic E-state index is -0.461. The average molecular weight is 236 g/mol. The number of benzene rings is 1. The molecule has 0 spiro atoms. The van der Waals surface area contributed by atoms with Gasteiger partial charge in [0.1, 0.15) is 5.82 Å². The number of nitrogens with zero attached hydrogens (tertiary/aromatic N) is 1. The van der Waals surface area contributed by atoms with Crippen LogP contribution in [0.5, 0.6) is 0 Å². The van der Waals surface area contributed by atoms with Crippen molar-refractivity contribution in [3.63, 3.8) is 0 Å². The average Bonchev–Trinajstić information content (AvgIpc) is 2.28. The molecule has 1 aromatic rings. The Labute approximate surface area is 99.0 Å². The summed E-state index contributed by atoms with van der Waals surface area (Å²) >= 11 is 0. The van der Waals surface area contributed by atoms with E-state index in [1.165, 1.54) is 6.07 Å². The quantitative estimate of drug-likeness (QED) is 0.784. The van der Waals surface area contributed by atoms with Crippen molar-refractivity contribution in [3.8, 4) is 6.07 Å². The van der Waals surface area contributed by atoms with Gasteiger partial charge < -0.3 is 10.1 Å². The molecule has 0 aromatic heterocycles. The highest BCUT2D eigenvalue weighted by molar-refractivity contribution is 5.71. The van der Waals surface area contributed by atoms with Gasteiger partial charge in [-0.05, 0) is 30.7 Å². The van der Waals surface area contributed by atoms with Gasteiger partial charge in [-0.1, -0.05) is 0 Å². The van der Waals surface area contributed by atoms with E-state index in [0.717, 1.165) is 6.07 Å². The van der Waals surface area contributed by atoms with E-state index in [4.69, 9.17) is 10.00 Å². The Kier molecular flexibility index (Phi) is 5.11. The van der Waals surface area contributed by atoms with Crippen LogP contribution in [-0.4, -0.2) is 19.1 Å². The Morgan fingerprint density at radius 3 is 2.94 bits per heavy atom. The third kappa shape index (κ3) is 4.62. The van der Waals surface area contributed by atoms with E-state index in [0.29, 0.717) is 18.7 Å². The third-order valence-corrected chi connectivity index (χ3v) is 1.99. The van der Waals surface area contributed by atoms with Crippen molar-refractivity contribution in [2.24, 2.45) is 0 Å². The smallest absolute Gasteiger partial charge is 0.319 e. The first-order valence-electron chi connectivity index (χ1n) is 5.21. The van der Waals surface area contributed by atoms with Crippen molar-refractivity contribution in [3.05, 3.63) is 35.1 Å². The zero-order valence-electron chi connectivity index (χ0n) is 9.50. The zero-order chi connectivity index (χ0) is 12.7. The lowest BCUT2D eigenvalue weighted by Gasteiger charge is -2.05. The van der Waals surface area contributed by atoms with Crippen molar-refractivity contribution in [2.45, 2.75) is 13.5 Å². The molecule has 0 radical (unpaired) electrons. The fourth-order valence-corrected chi connectivity index (χ4v) is 1.34. The van der Waals surface area contributed by atoms with Gasteiger partial charge in [0.25, 0.3) is 0 Å². The van der Waals surface area contributed by atoms with Crippen molar-refractivity contribution < 1.29 is 13.9 Å². The largest absolute Gasteiger partial charge is 0.465 e. The predicted molar refractivity (Wildman–Crippen MR) is 59.5 cm³/mol. The summed E-state index contributed by atoms with van der Waals surface area (Å²) in [5, 5.41) is 11.5. The highest BCUT2D eigenvalue weighted by atomic mass is 19.1. The minimum Gasteiger partial charge on any atom is -0.465 e. The number of halogens is 1. The van der Waals surface area contributed by atoms with Crippen LogP contribution in [0.25, 0.3) is 0 Å². The summed E-state index contributed by atoms with van der Waals surface area (Å²) in [6.07, 6.45) is 0. The third-order valence-electron chi connectivity index (χ3n) is 1.99. The molecule has 1 aromatic carbocycles. The fourth-order valence-electron chi connectivity index (χ4n) is 1.34. The van der Waals surface area contributed by atoms with Crippen LogP contribution in [0.3, 0.4) is 0 Å². The first-order valence-corrected chi connectivity index (χ1v) is 5.21. The molecule has 0 amide bonds. The molecule has 0 saturated carbocycles. The molecule has 0 aliphatic carbocycles. The lowest BCUT2D eigenvalue weighted by atomic mass is 10.1. The molecule has 0 atom stereocenters. The summed E-state index contributed by atoms with van der Waals surface area (Å²) < 4.78 is 17.8. The summed E-state index contributed by atoms with van der Waals surface area (Å²) in [6, 6.07) is 5.92. The summed E-state index contributed by atoms with van der Waals surface area (Å²) in [7, 11) is 0. The molecule has 0 unspecified atom stereocenters. The molecule has 0 aliphatic heterocycles. The SMILES string of the molecule is CCOC(=O)CNCc1cc(F)cc(C#N)c1. The second-order valence-electron chi connectivity index (χ2n) is 3.37. The molecule has 0 heterocycles. The van der Waals surface area contributed by atoms with Crippen molar-refractivity contribution in [1.82, 2.24) is 5.32 Å². The van der Waals surface area contributed by atoms with Crippen molar-refractivity contribution in [2.75, 3.05) is 13.2 Å². The Hall–Kier alpha value is -1.93. The van der Waals surface area contributed by atoms with E-state index in [2.05, 4.69) is 5.32 Å². The normalized spacial score (nSPS) is 9.71. The van der Waals surface area contributed by atoms with Gasteiger partial charge >= 0.3 is 5.97 Å². The number of nitrogens with one attached hydrogen (secondary N) is 1. The van der Waals surface area contributed by atoms with Gasteiger partial charge in [0.15, 0.2) is 0 Å². The molecule has 5 heteroatoms. The maximum Gasteiger partial charge on any atom is 0.319 e. The Morgan fingerprint density at radius 2 is 2.29 bits per heavy atom. The number of esters is 1. The Balaban J connectivity index is 2.50. The predicted octanol–water partition coefficient (Wildman–Crippen LogP) is 1.35. The van der Waals surface area contributed by atoms with Crippen LogP contribution in [0.4, 0.5) is 4.39 Å². The number of rotatable bonds is 5. The monoisotopic (exact) mass is 236 g/mol. The van der Waals surface area contributed by atoms with Gasteiger partial charge in [-0.15, -0.1) is 0 Å². The van der Waals surface area contributed by atoms with Crippen LogP contribution in [-0.2, 0) is 16.1 Å². The Morgan fingerprint density at radius 1 is 1.53 bits per heavy atom.